The second-order valence-electron chi connectivity index (χ2n) is 5.06. The molecule has 1 aromatic heterocycles. The highest BCUT2D eigenvalue weighted by Gasteiger charge is 2.22. The summed E-state index contributed by atoms with van der Waals surface area (Å²) in [5, 5.41) is 3.61. The lowest BCUT2D eigenvalue weighted by molar-refractivity contribution is 0.234. The maximum Gasteiger partial charge on any atom is 0.225 e. The number of nitrogens with one attached hydrogen (secondary N) is 1. The van der Waals surface area contributed by atoms with Crippen molar-refractivity contribution in [2.75, 3.05) is 55.7 Å². The van der Waals surface area contributed by atoms with Crippen LogP contribution in [0.4, 0.5) is 5.95 Å². The molecule has 19 heavy (non-hydrogen) atoms. The first kappa shape index (κ1) is 13.1. The summed E-state index contributed by atoms with van der Waals surface area (Å²) in [6.07, 6.45) is 3.63. The predicted molar refractivity (Wildman–Crippen MR) is 79.8 cm³/mol. The maximum atomic E-state index is 4.32. The van der Waals surface area contributed by atoms with Gasteiger partial charge in [0.25, 0.3) is 0 Å². The molecule has 3 rings (SSSR count). The summed E-state index contributed by atoms with van der Waals surface area (Å²) in [5.41, 5.74) is 0. The van der Waals surface area contributed by atoms with E-state index in [0.29, 0.717) is 6.04 Å². The van der Waals surface area contributed by atoms with Gasteiger partial charge in [-0.3, -0.25) is 4.90 Å². The molecule has 104 valence electrons. The fourth-order valence-electron chi connectivity index (χ4n) is 2.63. The van der Waals surface area contributed by atoms with Gasteiger partial charge in [0.05, 0.1) is 0 Å². The Morgan fingerprint density at radius 3 is 2.68 bits per heavy atom. The summed E-state index contributed by atoms with van der Waals surface area (Å²) in [5.74, 6) is 3.38. The van der Waals surface area contributed by atoms with Crippen LogP contribution in [-0.4, -0.2) is 71.7 Å². The average molecular weight is 279 g/mol. The van der Waals surface area contributed by atoms with Gasteiger partial charge in [0, 0.05) is 69.2 Å². The summed E-state index contributed by atoms with van der Waals surface area (Å²) < 4.78 is 0. The topological polar surface area (TPSA) is 44.3 Å². The van der Waals surface area contributed by atoms with Gasteiger partial charge < -0.3 is 10.2 Å². The van der Waals surface area contributed by atoms with Gasteiger partial charge in [-0.15, -0.1) is 0 Å². The van der Waals surface area contributed by atoms with E-state index in [1.807, 2.05) is 18.5 Å². The van der Waals surface area contributed by atoms with Gasteiger partial charge in [-0.2, -0.15) is 11.8 Å². The standard InChI is InChI=1S/C13H21N5S/c1-2-15-13(16-3-1)18-7-5-17(6-8-18)10-12-11-19-9-4-14-12/h1-3,12,14H,4-11H2. The third-order valence-corrected chi connectivity index (χ3v) is 4.82. The number of rotatable bonds is 3. The van der Waals surface area contributed by atoms with Crippen LogP contribution in [0.1, 0.15) is 0 Å². The smallest absolute Gasteiger partial charge is 0.225 e. The Hall–Kier alpha value is -0.850. The highest BCUT2D eigenvalue weighted by Crippen LogP contribution is 2.12. The lowest BCUT2D eigenvalue weighted by atomic mass is 10.2. The summed E-state index contributed by atoms with van der Waals surface area (Å²) in [7, 11) is 0. The van der Waals surface area contributed by atoms with E-state index in [9.17, 15) is 0 Å². The molecule has 6 heteroatoms. The van der Waals surface area contributed by atoms with Crippen molar-refractivity contribution in [3.63, 3.8) is 0 Å². The Kier molecular flexibility index (Phi) is 4.53. The van der Waals surface area contributed by atoms with Gasteiger partial charge in [-0.1, -0.05) is 0 Å². The lowest BCUT2D eigenvalue weighted by Crippen LogP contribution is -2.52. The molecule has 2 saturated heterocycles. The van der Waals surface area contributed by atoms with Crippen molar-refractivity contribution in [3.05, 3.63) is 18.5 Å². The van der Waals surface area contributed by atoms with Crippen LogP contribution in [0.2, 0.25) is 0 Å². The quantitative estimate of drug-likeness (QED) is 0.859. The van der Waals surface area contributed by atoms with Crippen LogP contribution >= 0.6 is 11.8 Å². The molecule has 1 atom stereocenters. The Bertz CT molecular complexity index is 374. The van der Waals surface area contributed by atoms with Crippen molar-refractivity contribution in [2.24, 2.45) is 0 Å². The monoisotopic (exact) mass is 279 g/mol. The number of thioether (sulfide) groups is 1. The number of hydrogen-bond acceptors (Lipinski definition) is 6. The van der Waals surface area contributed by atoms with Crippen molar-refractivity contribution in [1.29, 1.82) is 0 Å². The molecule has 2 aliphatic heterocycles. The molecule has 0 saturated carbocycles. The van der Waals surface area contributed by atoms with Gasteiger partial charge in [0.1, 0.15) is 0 Å². The molecular formula is C13H21N5S. The van der Waals surface area contributed by atoms with Crippen LogP contribution in [0.15, 0.2) is 18.5 Å². The van der Waals surface area contributed by atoms with E-state index in [0.717, 1.165) is 38.7 Å². The fraction of sp³-hybridized carbons (Fsp3) is 0.692. The normalized spacial score (nSPS) is 25.5. The largest absolute Gasteiger partial charge is 0.338 e. The molecule has 0 aromatic carbocycles. The molecule has 0 spiro atoms. The minimum Gasteiger partial charge on any atom is -0.338 e. The molecule has 0 radical (unpaired) electrons. The molecule has 0 bridgehead atoms. The first-order chi connectivity index (χ1) is 9.42. The van der Waals surface area contributed by atoms with Crippen LogP contribution in [0, 0.1) is 0 Å². The van der Waals surface area contributed by atoms with Gasteiger partial charge in [0.15, 0.2) is 0 Å². The van der Waals surface area contributed by atoms with Gasteiger partial charge >= 0.3 is 0 Å². The van der Waals surface area contributed by atoms with Gasteiger partial charge in [0.2, 0.25) is 5.95 Å². The van der Waals surface area contributed by atoms with Crippen molar-refractivity contribution in [2.45, 2.75) is 6.04 Å². The third-order valence-electron chi connectivity index (χ3n) is 3.68. The van der Waals surface area contributed by atoms with Gasteiger partial charge in [-0.25, -0.2) is 9.97 Å². The van der Waals surface area contributed by atoms with Crippen LogP contribution < -0.4 is 10.2 Å². The molecule has 3 heterocycles. The van der Waals surface area contributed by atoms with Crippen LogP contribution in [0.25, 0.3) is 0 Å². The molecule has 1 N–H and O–H groups in total. The molecule has 5 nitrogen and oxygen atoms in total. The summed E-state index contributed by atoms with van der Waals surface area (Å²) >= 11 is 2.07. The summed E-state index contributed by atoms with van der Waals surface area (Å²) in [4.78, 5) is 13.5. The van der Waals surface area contributed by atoms with Crippen molar-refractivity contribution in [1.82, 2.24) is 20.2 Å². The van der Waals surface area contributed by atoms with Crippen molar-refractivity contribution in [3.8, 4) is 0 Å². The minimum atomic E-state index is 0.665. The van der Waals surface area contributed by atoms with E-state index < -0.39 is 0 Å². The van der Waals surface area contributed by atoms with E-state index in [2.05, 4.69) is 36.8 Å². The molecule has 2 aliphatic rings. The number of piperazine rings is 1. The molecule has 0 amide bonds. The fourth-order valence-corrected chi connectivity index (χ4v) is 3.57. The summed E-state index contributed by atoms with van der Waals surface area (Å²) in [6.45, 7) is 6.62. The summed E-state index contributed by atoms with van der Waals surface area (Å²) in [6, 6.07) is 2.53. The number of anilines is 1. The van der Waals surface area contributed by atoms with E-state index in [1.165, 1.54) is 18.1 Å². The highest BCUT2D eigenvalue weighted by atomic mass is 32.2. The molecule has 1 unspecified atom stereocenters. The Morgan fingerprint density at radius 2 is 2.00 bits per heavy atom. The van der Waals surface area contributed by atoms with Crippen LogP contribution in [-0.2, 0) is 0 Å². The lowest BCUT2D eigenvalue weighted by Gasteiger charge is -2.37. The second kappa shape index (κ2) is 6.54. The van der Waals surface area contributed by atoms with E-state index in [1.54, 1.807) is 0 Å². The molecule has 0 aliphatic carbocycles. The number of nitrogens with zero attached hydrogens (tertiary/aromatic N) is 4. The Morgan fingerprint density at radius 1 is 1.21 bits per heavy atom. The number of aromatic nitrogens is 2. The zero-order valence-electron chi connectivity index (χ0n) is 11.2. The maximum absolute atomic E-state index is 4.32. The molecular weight excluding hydrogens is 258 g/mol. The second-order valence-corrected chi connectivity index (χ2v) is 6.21. The third kappa shape index (κ3) is 3.58. The zero-order chi connectivity index (χ0) is 12.9. The first-order valence-electron chi connectivity index (χ1n) is 6.97. The minimum absolute atomic E-state index is 0.665. The first-order valence-corrected chi connectivity index (χ1v) is 8.13. The average Bonchev–Trinajstić information content (AvgIpc) is 2.50. The van der Waals surface area contributed by atoms with Crippen molar-refractivity contribution >= 4 is 17.7 Å². The van der Waals surface area contributed by atoms with Gasteiger partial charge in [-0.05, 0) is 6.07 Å². The van der Waals surface area contributed by atoms with E-state index in [-0.39, 0.29) is 0 Å². The zero-order valence-corrected chi connectivity index (χ0v) is 12.0. The van der Waals surface area contributed by atoms with Crippen molar-refractivity contribution < 1.29 is 0 Å². The number of hydrogen-bond donors (Lipinski definition) is 1. The van der Waals surface area contributed by atoms with E-state index >= 15 is 0 Å². The van der Waals surface area contributed by atoms with Crippen LogP contribution in [0.5, 0.6) is 0 Å². The Balaban J connectivity index is 1.46. The highest BCUT2D eigenvalue weighted by molar-refractivity contribution is 7.99. The predicted octanol–water partition coefficient (Wildman–Crippen LogP) is 0.304. The SMILES string of the molecule is c1cnc(N2CCN(CC3CSCCN3)CC2)nc1. The van der Waals surface area contributed by atoms with Crippen LogP contribution in [0.3, 0.4) is 0 Å². The Labute approximate surface area is 118 Å². The molecule has 1 aromatic rings. The van der Waals surface area contributed by atoms with E-state index in [4.69, 9.17) is 0 Å². The molecule has 2 fully saturated rings.